The normalized spacial score (nSPS) is 15.3. The number of hydrogen-bond acceptors (Lipinski definition) is 6. The number of para-hydroxylation sites is 2. The van der Waals surface area contributed by atoms with Gasteiger partial charge in [0.05, 0.1) is 10.8 Å². The monoisotopic (exact) mass is 1420 g/mol. The van der Waals surface area contributed by atoms with Crippen LogP contribution in [0.25, 0.3) is 89.4 Å². The fourth-order valence-corrected chi connectivity index (χ4v) is 18.5. The SMILES string of the molecule is C=Cc1ccc(Oc2ccc(C3(c4ccccc4)c4ccccc4-c4ccc(N(c5ccc6c(c5)C(C)(C)c5cc(N(c7ccc8c(c7)C(c7ccccc7)(c7ccc(Oc9ccc(C=C)cc9)cc7)c7ccccc7-8)c7ccc8c(c7)oc7ccccc78)ccc5-6)c5ccc6c(c5)oc5ccccc56)cc43)cc2)cc1. The maximum absolute atomic E-state index is 6.77. The molecule has 3 aliphatic rings. The van der Waals surface area contributed by atoms with E-state index >= 15 is 0 Å². The quantitative estimate of drug-likeness (QED) is 0.0961. The molecule has 111 heavy (non-hydrogen) atoms. The van der Waals surface area contributed by atoms with Crippen LogP contribution in [-0.4, -0.2) is 0 Å². The van der Waals surface area contributed by atoms with Gasteiger partial charge in [-0.15, -0.1) is 0 Å². The van der Waals surface area contributed by atoms with Crippen LogP contribution in [0.3, 0.4) is 0 Å². The van der Waals surface area contributed by atoms with Crippen molar-refractivity contribution in [3.63, 3.8) is 0 Å². The molecule has 526 valence electrons. The first-order valence-electron chi connectivity index (χ1n) is 38.0. The Morgan fingerprint density at radius 3 is 0.928 bits per heavy atom. The number of benzene rings is 16. The van der Waals surface area contributed by atoms with E-state index in [1.54, 1.807) is 0 Å². The molecular formula is C105H72N2O4. The molecule has 6 nitrogen and oxygen atoms in total. The van der Waals surface area contributed by atoms with Crippen LogP contribution in [0.15, 0.2) is 386 Å². The number of ether oxygens (including phenoxy) is 2. The number of nitrogens with zero attached hydrogens (tertiary/aromatic N) is 2. The number of fused-ring (bicyclic) bond motifs is 15. The van der Waals surface area contributed by atoms with Crippen LogP contribution in [0.1, 0.15) is 80.6 Å². The van der Waals surface area contributed by atoms with Gasteiger partial charge in [-0.1, -0.05) is 258 Å². The van der Waals surface area contributed by atoms with Gasteiger partial charge in [0.15, 0.2) is 0 Å². The molecule has 0 saturated carbocycles. The standard InChI is InChI=1S/C105H72N2O4/c1-5-67-33-47-79(48-34-67)108-81-51-37-71(38-52-81)104(69-21-9-7-10-22-69)93-29-17-13-25-83(93)87-57-43-75(63-97(87)104)106(77-45-59-91-89-27-15-19-31-99(89)110-101(91)65-77)73-41-55-85-86-56-42-74(62-96(86)103(3,4)95(85)61-73)107(78-46-60-92-90-28-16-20-32-100(90)111-102(92)66-78)76-44-58-88-84-26-14-18-30-94(84)105(98(88)64-76,70-23-11-8-12-24-70)72-39-53-82(54-40-72)109-80-49-35-68(6-2)36-50-80/h5-66H,1-2H2,3-4H3. The second-order valence-electron chi connectivity index (χ2n) is 29.9. The molecule has 3 aliphatic carbocycles. The molecule has 0 fully saturated rings. The van der Waals surface area contributed by atoms with Gasteiger partial charge in [0.25, 0.3) is 0 Å². The van der Waals surface area contributed by atoms with E-state index in [2.05, 4.69) is 340 Å². The van der Waals surface area contributed by atoms with E-state index in [1.807, 2.05) is 72.8 Å². The summed E-state index contributed by atoms with van der Waals surface area (Å²) >= 11 is 0. The van der Waals surface area contributed by atoms with Crippen molar-refractivity contribution in [2.75, 3.05) is 9.80 Å². The Hall–Kier alpha value is -14.2. The first kappa shape index (κ1) is 65.1. The molecule has 0 bridgehead atoms. The summed E-state index contributed by atoms with van der Waals surface area (Å²) in [4.78, 5) is 4.88. The zero-order valence-corrected chi connectivity index (χ0v) is 61.2. The van der Waals surface area contributed by atoms with E-state index in [-0.39, 0.29) is 0 Å². The number of rotatable bonds is 16. The minimum Gasteiger partial charge on any atom is -0.457 e. The Kier molecular flexibility index (Phi) is 15.0. The Morgan fingerprint density at radius 2 is 0.541 bits per heavy atom. The van der Waals surface area contributed by atoms with Crippen molar-refractivity contribution in [1.29, 1.82) is 0 Å². The highest BCUT2D eigenvalue weighted by Gasteiger charge is 2.49. The molecule has 0 radical (unpaired) electrons. The lowest BCUT2D eigenvalue weighted by molar-refractivity contribution is 0.482. The average Bonchev–Trinajstić information content (AvgIpc) is 1.56. The summed E-state index contributed by atoms with van der Waals surface area (Å²) < 4.78 is 26.6. The molecule has 2 heterocycles. The summed E-state index contributed by atoms with van der Waals surface area (Å²) in [7, 11) is 0. The van der Waals surface area contributed by atoms with Crippen LogP contribution in [0.5, 0.6) is 23.0 Å². The van der Waals surface area contributed by atoms with Crippen LogP contribution in [0.4, 0.5) is 34.1 Å². The van der Waals surface area contributed by atoms with E-state index < -0.39 is 16.2 Å². The maximum Gasteiger partial charge on any atom is 0.137 e. The topological polar surface area (TPSA) is 51.2 Å². The highest BCUT2D eigenvalue weighted by Crippen LogP contribution is 2.61. The van der Waals surface area contributed by atoms with Crippen molar-refractivity contribution < 1.29 is 18.3 Å². The van der Waals surface area contributed by atoms with Gasteiger partial charge in [0, 0.05) is 73.2 Å². The van der Waals surface area contributed by atoms with Crippen molar-refractivity contribution in [2.45, 2.75) is 30.1 Å². The molecule has 0 aliphatic heterocycles. The first-order chi connectivity index (χ1) is 54.6. The highest BCUT2D eigenvalue weighted by atomic mass is 16.5. The fourth-order valence-electron chi connectivity index (χ4n) is 18.5. The summed E-state index contributed by atoms with van der Waals surface area (Å²) in [5.74, 6) is 3.04. The van der Waals surface area contributed by atoms with Crippen molar-refractivity contribution in [2.24, 2.45) is 0 Å². The summed E-state index contributed by atoms with van der Waals surface area (Å²) in [6.45, 7) is 12.7. The zero-order chi connectivity index (χ0) is 74.1. The smallest absolute Gasteiger partial charge is 0.137 e. The maximum atomic E-state index is 6.77. The van der Waals surface area contributed by atoms with Gasteiger partial charge >= 0.3 is 0 Å². The third-order valence-corrected chi connectivity index (χ3v) is 23.7. The molecule has 2 unspecified atom stereocenters. The lowest BCUT2D eigenvalue weighted by Gasteiger charge is -2.35. The molecule has 2 aromatic heterocycles. The predicted molar refractivity (Wildman–Crippen MR) is 456 cm³/mol. The lowest BCUT2D eigenvalue weighted by Crippen LogP contribution is -2.28. The van der Waals surface area contributed by atoms with Gasteiger partial charge in [-0.05, 0) is 234 Å². The molecular weight excluding hydrogens is 1350 g/mol. The second-order valence-corrected chi connectivity index (χ2v) is 29.9. The predicted octanol–water partition coefficient (Wildman–Crippen LogP) is 28.3. The molecule has 0 saturated heterocycles. The van der Waals surface area contributed by atoms with Crippen molar-refractivity contribution in [1.82, 2.24) is 0 Å². The molecule has 0 amide bonds. The summed E-state index contributed by atoms with van der Waals surface area (Å²) in [6, 6.07) is 132. The van der Waals surface area contributed by atoms with Crippen molar-refractivity contribution in [3.8, 4) is 56.4 Å². The molecule has 21 rings (SSSR count). The molecule has 6 heteroatoms. The van der Waals surface area contributed by atoms with E-state index in [9.17, 15) is 0 Å². The minimum atomic E-state index is -0.718. The van der Waals surface area contributed by atoms with E-state index in [4.69, 9.17) is 18.3 Å². The average molecular weight is 1430 g/mol. The summed E-state index contributed by atoms with van der Waals surface area (Å²) in [6.07, 6.45) is 3.69. The third kappa shape index (κ3) is 10.2. The lowest BCUT2D eigenvalue weighted by atomic mass is 9.67. The van der Waals surface area contributed by atoms with Gasteiger partial charge < -0.3 is 28.1 Å². The van der Waals surface area contributed by atoms with Gasteiger partial charge in [0.2, 0.25) is 0 Å². The van der Waals surface area contributed by atoms with Gasteiger partial charge in [-0.3, -0.25) is 0 Å². The van der Waals surface area contributed by atoms with E-state index in [0.717, 1.165) is 123 Å². The first-order valence-corrected chi connectivity index (χ1v) is 38.0. The Labute approximate surface area is 644 Å². The second kappa shape index (κ2) is 25.5. The van der Waals surface area contributed by atoms with E-state index in [1.165, 1.54) is 77.9 Å². The molecule has 2 atom stereocenters. The highest BCUT2D eigenvalue weighted by molar-refractivity contribution is 6.08. The van der Waals surface area contributed by atoms with E-state index in [0.29, 0.717) is 0 Å². The van der Waals surface area contributed by atoms with Crippen LogP contribution < -0.4 is 19.3 Å². The van der Waals surface area contributed by atoms with Gasteiger partial charge in [0.1, 0.15) is 45.3 Å². The fraction of sp³-hybridized carbons (Fsp3) is 0.0476. The summed E-state index contributed by atoms with van der Waals surface area (Å²) in [5, 5.41) is 4.31. The Morgan fingerprint density at radius 1 is 0.252 bits per heavy atom. The minimum absolute atomic E-state index is 0.487. The summed E-state index contributed by atoms with van der Waals surface area (Å²) in [5.41, 5.74) is 28.6. The van der Waals surface area contributed by atoms with Crippen molar-refractivity contribution >= 4 is 90.2 Å². The molecule has 16 aromatic carbocycles. The molecule has 0 N–H and O–H groups in total. The Balaban J connectivity index is 0.712. The van der Waals surface area contributed by atoms with Crippen molar-refractivity contribution in [3.05, 3.63) is 444 Å². The zero-order valence-electron chi connectivity index (χ0n) is 61.2. The third-order valence-electron chi connectivity index (χ3n) is 23.7. The molecule has 18 aromatic rings. The van der Waals surface area contributed by atoms with Gasteiger partial charge in [-0.2, -0.15) is 0 Å². The van der Waals surface area contributed by atoms with Crippen LogP contribution in [0.2, 0.25) is 0 Å². The Bertz CT molecular complexity index is 6360. The largest absolute Gasteiger partial charge is 0.457 e. The number of furan rings is 2. The van der Waals surface area contributed by atoms with Crippen LogP contribution in [0, 0.1) is 0 Å². The van der Waals surface area contributed by atoms with Crippen LogP contribution in [-0.2, 0) is 16.2 Å². The van der Waals surface area contributed by atoms with Crippen LogP contribution >= 0.6 is 0 Å². The molecule has 0 spiro atoms. The number of anilines is 6. The number of hydrogen-bond donors (Lipinski definition) is 0. The van der Waals surface area contributed by atoms with Gasteiger partial charge in [-0.25, -0.2) is 0 Å².